The number of benzene rings is 2. The molecule has 0 aliphatic heterocycles. The summed E-state index contributed by atoms with van der Waals surface area (Å²) in [5.41, 5.74) is 1.44. The Hall–Kier alpha value is -1.84. The molecule has 4 heteroatoms. The third-order valence-corrected chi connectivity index (χ3v) is 3.81. The van der Waals surface area contributed by atoms with Crippen molar-refractivity contribution in [3.63, 3.8) is 0 Å². The van der Waals surface area contributed by atoms with Gasteiger partial charge >= 0.3 is 0 Å². The number of hydrogen-bond acceptors (Lipinski definition) is 2. The predicted octanol–water partition coefficient (Wildman–Crippen LogP) is 4.73. The van der Waals surface area contributed by atoms with Crippen LogP contribution in [0.25, 0.3) is 11.0 Å². The van der Waals surface area contributed by atoms with E-state index in [4.69, 9.17) is 16.0 Å². The van der Waals surface area contributed by atoms with Gasteiger partial charge in [0.2, 0.25) is 0 Å². The molecule has 0 saturated carbocycles. The highest BCUT2D eigenvalue weighted by Crippen LogP contribution is 2.28. The fraction of sp³-hybridized carbons (Fsp3) is 0.176. The molecule has 108 valence electrons. The smallest absolute Gasteiger partial charge is 0.134 e. The van der Waals surface area contributed by atoms with Gasteiger partial charge in [-0.25, -0.2) is 4.39 Å². The van der Waals surface area contributed by atoms with E-state index < -0.39 is 0 Å². The second-order valence-corrected chi connectivity index (χ2v) is 5.40. The summed E-state index contributed by atoms with van der Waals surface area (Å²) < 4.78 is 19.6. The Bertz CT molecular complexity index is 768. The third kappa shape index (κ3) is 2.94. The lowest BCUT2D eigenvalue weighted by Gasteiger charge is -2.14. The third-order valence-electron chi connectivity index (χ3n) is 3.57. The Morgan fingerprint density at radius 1 is 1.19 bits per heavy atom. The number of halogens is 2. The SMILES string of the molecule is CNC(Cc1ccccc1F)c1cc2cc(Cl)ccc2o1. The zero-order chi connectivity index (χ0) is 14.8. The molecule has 1 unspecified atom stereocenters. The zero-order valence-electron chi connectivity index (χ0n) is 11.6. The van der Waals surface area contributed by atoms with Crippen molar-refractivity contribution < 1.29 is 8.81 Å². The number of fused-ring (bicyclic) bond motifs is 1. The molecule has 0 fully saturated rings. The van der Waals surface area contributed by atoms with Crippen LogP contribution in [0.15, 0.2) is 52.9 Å². The monoisotopic (exact) mass is 303 g/mol. The minimum absolute atomic E-state index is 0.0897. The summed E-state index contributed by atoms with van der Waals surface area (Å²) in [5, 5.41) is 4.80. The lowest BCUT2D eigenvalue weighted by Crippen LogP contribution is -2.18. The molecule has 1 heterocycles. The predicted molar refractivity (Wildman–Crippen MR) is 83.1 cm³/mol. The van der Waals surface area contributed by atoms with Gasteiger partial charge in [0, 0.05) is 10.4 Å². The van der Waals surface area contributed by atoms with Crippen LogP contribution in [-0.2, 0) is 6.42 Å². The van der Waals surface area contributed by atoms with Crippen molar-refractivity contribution in [3.05, 3.63) is 70.7 Å². The molecule has 21 heavy (non-hydrogen) atoms. The minimum Gasteiger partial charge on any atom is -0.459 e. The van der Waals surface area contributed by atoms with Crippen molar-refractivity contribution in [1.82, 2.24) is 5.32 Å². The van der Waals surface area contributed by atoms with Crippen molar-refractivity contribution in [2.75, 3.05) is 7.05 Å². The normalized spacial score (nSPS) is 12.7. The average Bonchev–Trinajstić information content (AvgIpc) is 2.89. The summed E-state index contributed by atoms with van der Waals surface area (Å²) in [6.45, 7) is 0. The molecule has 0 bridgehead atoms. The van der Waals surface area contributed by atoms with Crippen molar-refractivity contribution in [2.45, 2.75) is 12.5 Å². The van der Waals surface area contributed by atoms with Crippen LogP contribution < -0.4 is 5.32 Å². The molecule has 2 aromatic carbocycles. The molecule has 0 saturated heterocycles. The minimum atomic E-state index is -0.197. The molecule has 1 aromatic heterocycles. The van der Waals surface area contributed by atoms with E-state index in [9.17, 15) is 4.39 Å². The van der Waals surface area contributed by atoms with Crippen LogP contribution in [0.1, 0.15) is 17.4 Å². The fourth-order valence-corrected chi connectivity index (χ4v) is 2.62. The van der Waals surface area contributed by atoms with Crippen LogP contribution >= 0.6 is 11.6 Å². The Labute approximate surface area is 127 Å². The molecule has 0 aliphatic rings. The Morgan fingerprint density at radius 3 is 2.76 bits per heavy atom. The largest absolute Gasteiger partial charge is 0.459 e. The van der Waals surface area contributed by atoms with Gasteiger partial charge in [0.1, 0.15) is 17.2 Å². The lowest BCUT2D eigenvalue weighted by molar-refractivity contribution is 0.445. The Kier molecular flexibility index (Phi) is 3.95. The van der Waals surface area contributed by atoms with E-state index in [1.807, 2.05) is 31.3 Å². The molecule has 3 rings (SSSR count). The second-order valence-electron chi connectivity index (χ2n) is 4.97. The molecule has 1 N–H and O–H groups in total. The Morgan fingerprint density at radius 2 is 2.00 bits per heavy atom. The lowest BCUT2D eigenvalue weighted by atomic mass is 10.0. The van der Waals surface area contributed by atoms with Gasteiger partial charge in [0.25, 0.3) is 0 Å². The van der Waals surface area contributed by atoms with Crippen LogP contribution in [0.3, 0.4) is 0 Å². The van der Waals surface area contributed by atoms with Gasteiger partial charge in [-0.15, -0.1) is 0 Å². The van der Waals surface area contributed by atoms with Crippen LogP contribution in [-0.4, -0.2) is 7.05 Å². The van der Waals surface area contributed by atoms with Crippen molar-refractivity contribution in [2.24, 2.45) is 0 Å². The highest BCUT2D eigenvalue weighted by atomic mass is 35.5. The van der Waals surface area contributed by atoms with Crippen LogP contribution in [0.5, 0.6) is 0 Å². The first kappa shape index (κ1) is 14.1. The second kappa shape index (κ2) is 5.88. The topological polar surface area (TPSA) is 25.2 Å². The van der Waals surface area contributed by atoms with Crippen molar-refractivity contribution in [1.29, 1.82) is 0 Å². The summed E-state index contributed by atoms with van der Waals surface area (Å²) in [6, 6.07) is 14.1. The van der Waals surface area contributed by atoms with Gasteiger partial charge in [-0.3, -0.25) is 0 Å². The van der Waals surface area contributed by atoms with Gasteiger partial charge in [-0.2, -0.15) is 0 Å². The molecule has 2 nitrogen and oxygen atoms in total. The number of likely N-dealkylation sites (N-methyl/N-ethyl adjacent to an activating group) is 1. The van der Waals surface area contributed by atoms with E-state index in [2.05, 4.69) is 5.32 Å². The summed E-state index contributed by atoms with van der Waals surface area (Å²) in [5.74, 6) is 0.579. The Balaban J connectivity index is 1.93. The van der Waals surface area contributed by atoms with Crippen LogP contribution in [0.2, 0.25) is 5.02 Å². The summed E-state index contributed by atoms with van der Waals surface area (Å²) in [7, 11) is 1.84. The number of hydrogen-bond donors (Lipinski definition) is 1. The maximum Gasteiger partial charge on any atom is 0.134 e. The molecule has 0 amide bonds. The number of furan rings is 1. The first-order chi connectivity index (χ1) is 10.2. The van der Waals surface area contributed by atoms with E-state index in [0.29, 0.717) is 17.0 Å². The van der Waals surface area contributed by atoms with Gasteiger partial charge in [-0.05, 0) is 49.4 Å². The van der Waals surface area contributed by atoms with E-state index in [0.717, 1.165) is 16.7 Å². The number of rotatable bonds is 4. The number of nitrogens with one attached hydrogen (secondary N) is 1. The highest BCUT2D eigenvalue weighted by Gasteiger charge is 2.17. The van der Waals surface area contributed by atoms with Gasteiger partial charge in [0.15, 0.2) is 0 Å². The van der Waals surface area contributed by atoms with E-state index >= 15 is 0 Å². The highest BCUT2D eigenvalue weighted by molar-refractivity contribution is 6.31. The first-order valence-corrected chi connectivity index (χ1v) is 7.15. The summed E-state index contributed by atoms with van der Waals surface area (Å²) >= 11 is 5.99. The molecule has 0 aliphatic carbocycles. The first-order valence-electron chi connectivity index (χ1n) is 6.77. The quantitative estimate of drug-likeness (QED) is 0.754. The van der Waals surface area contributed by atoms with Crippen molar-refractivity contribution in [3.8, 4) is 0 Å². The maximum atomic E-state index is 13.8. The molecular formula is C17H15ClFNO. The fourth-order valence-electron chi connectivity index (χ4n) is 2.44. The molecular weight excluding hydrogens is 289 g/mol. The van der Waals surface area contributed by atoms with E-state index in [1.165, 1.54) is 6.07 Å². The van der Waals surface area contributed by atoms with Crippen LogP contribution in [0, 0.1) is 5.82 Å². The van der Waals surface area contributed by atoms with E-state index in [-0.39, 0.29) is 11.9 Å². The zero-order valence-corrected chi connectivity index (χ0v) is 12.3. The maximum absolute atomic E-state index is 13.8. The summed E-state index contributed by atoms with van der Waals surface area (Å²) in [4.78, 5) is 0. The van der Waals surface area contributed by atoms with Crippen LogP contribution in [0.4, 0.5) is 4.39 Å². The molecule has 1 atom stereocenters. The molecule has 0 spiro atoms. The van der Waals surface area contributed by atoms with Gasteiger partial charge in [0.05, 0.1) is 6.04 Å². The summed E-state index contributed by atoms with van der Waals surface area (Å²) in [6.07, 6.45) is 0.525. The van der Waals surface area contributed by atoms with Crippen molar-refractivity contribution >= 4 is 22.6 Å². The van der Waals surface area contributed by atoms with E-state index in [1.54, 1.807) is 18.2 Å². The van der Waals surface area contributed by atoms with Gasteiger partial charge < -0.3 is 9.73 Å². The molecule has 3 aromatic rings. The average molecular weight is 304 g/mol. The van der Waals surface area contributed by atoms with Gasteiger partial charge in [-0.1, -0.05) is 29.8 Å². The standard InChI is InChI=1S/C17H15ClFNO/c1-20-15(9-11-4-2-3-5-14(11)19)17-10-12-8-13(18)6-7-16(12)21-17/h2-8,10,15,20H,9H2,1H3. The molecule has 0 radical (unpaired) electrons.